The van der Waals surface area contributed by atoms with E-state index in [0.29, 0.717) is 17.2 Å². The summed E-state index contributed by atoms with van der Waals surface area (Å²) in [6, 6.07) is 12.5. The van der Waals surface area contributed by atoms with Crippen LogP contribution >= 0.6 is 0 Å². The molecule has 240 valence electrons. The molecule has 0 amide bonds. The molecule has 1 atom stereocenters. The molecular weight excluding hydrogens is 576 g/mol. The first kappa shape index (κ1) is 34.2. The molecule has 2 aromatic carbocycles. The van der Waals surface area contributed by atoms with E-state index >= 15 is 0 Å². The van der Waals surface area contributed by atoms with Crippen LogP contribution in [0.4, 0.5) is 0 Å². The van der Waals surface area contributed by atoms with Crippen LogP contribution in [0, 0.1) is 6.92 Å². The molecule has 1 unspecified atom stereocenters. The van der Waals surface area contributed by atoms with Crippen molar-refractivity contribution in [2.24, 2.45) is 0 Å². The second-order valence-electron chi connectivity index (χ2n) is 10.5. The van der Waals surface area contributed by atoms with Gasteiger partial charge in [-0.05, 0) is 37.5 Å². The molecule has 3 aromatic rings. The molecule has 4 rings (SSSR count). The van der Waals surface area contributed by atoms with Crippen LogP contribution in [-0.2, 0) is 32.2 Å². The summed E-state index contributed by atoms with van der Waals surface area (Å²) in [5, 5.41) is 35.1. The number of hydrogen-bond donors (Lipinski definition) is 5. The van der Waals surface area contributed by atoms with E-state index in [-0.39, 0.29) is 6.10 Å². The monoisotopic (exact) mass is 616 g/mol. The number of H-pyrrole nitrogens is 1. The first-order valence-electron chi connectivity index (χ1n) is 14.0. The molecule has 0 saturated carbocycles. The van der Waals surface area contributed by atoms with Crippen molar-refractivity contribution < 1.29 is 53.8 Å². The van der Waals surface area contributed by atoms with E-state index in [2.05, 4.69) is 47.1 Å². The van der Waals surface area contributed by atoms with Crippen molar-refractivity contribution in [2.75, 3.05) is 34.5 Å². The summed E-state index contributed by atoms with van der Waals surface area (Å²) in [7, 11) is 4.95. The van der Waals surface area contributed by atoms with E-state index < -0.39 is 36.4 Å². The van der Waals surface area contributed by atoms with Crippen LogP contribution in [-0.4, -0.2) is 94.4 Å². The SMILES string of the molecule is COc1ccc(CN(Cc2[nH]c3ccccc3c2C)CC2CCCO2)c(OC)c1OC.O=C(O)CC(O)(CC(=O)O)C(=O)O. The summed E-state index contributed by atoms with van der Waals surface area (Å²) in [5.41, 5.74) is 2.03. The number of fused-ring (bicyclic) bond motifs is 1. The van der Waals surface area contributed by atoms with Crippen molar-refractivity contribution >= 4 is 28.8 Å². The molecule has 0 aliphatic carbocycles. The Labute approximate surface area is 254 Å². The van der Waals surface area contributed by atoms with Crippen LogP contribution in [0.5, 0.6) is 17.2 Å². The topological polar surface area (TPSA) is 188 Å². The lowest BCUT2D eigenvalue weighted by atomic mass is 9.96. The number of aromatic amines is 1. The van der Waals surface area contributed by atoms with Crippen molar-refractivity contribution in [1.29, 1.82) is 0 Å². The highest BCUT2D eigenvalue weighted by atomic mass is 16.5. The zero-order valence-corrected chi connectivity index (χ0v) is 25.3. The van der Waals surface area contributed by atoms with Gasteiger partial charge in [-0.3, -0.25) is 14.5 Å². The Morgan fingerprint density at radius 1 is 0.955 bits per heavy atom. The number of nitrogens with one attached hydrogen (secondary N) is 1. The highest BCUT2D eigenvalue weighted by Gasteiger charge is 2.40. The van der Waals surface area contributed by atoms with Crippen LogP contribution < -0.4 is 14.2 Å². The molecule has 0 spiro atoms. The Bertz CT molecular complexity index is 1430. The van der Waals surface area contributed by atoms with Gasteiger partial charge in [0, 0.05) is 48.4 Å². The van der Waals surface area contributed by atoms with Gasteiger partial charge in [-0.25, -0.2) is 4.79 Å². The molecule has 13 nitrogen and oxygen atoms in total. The molecule has 5 N–H and O–H groups in total. The van der Waals surface area contributed by atoms with Crippen molar-refractivity contribution in [1.82, 2.24) is 9.88 Å². The van der Waals surface area contributed by atoms with Crippen molar-refractivity contribution in [3.63, 3.8) is 0 Å². The first-order chi connectivity index (χ1) is 20.9. The summed E-state index contributed by atoms with van der Waals surface area (Å²) < 4.78 is 22.7. The number of aliphatic carboxylic acids is 3. The molecule has 1 aliphatic heterocycles. The number of carbonyl (C=O) groups is 3. The molecule has 13 heteroatoms. The number of rotatable bonds is 14. The Hall–Kier alpha value is -4.33. The van der Waals surface area contributed by atoms with Crippen LogP contribution in [0.3, 0.4) is 0 Å². The van der Waals surface area contributed by atoms with Gasteiger partial charge >= 0.3 is 17.9 Å². The molecule has 0 bridgehead atoms. The summed E-state index contributed by atoms with van der Waals surface area (Å²) >= 11 is 0. The van der Waals surface area contributed by atoms with E-state index in [0.717, 1.165) is 44.6 Å². The van der Waals surface area contributed by atoms with Gasteiger partial charge in [0.25, 0.3) is 0 Å². The number of carboxylic acid groups (broad SMARTS) is 3. The Balaban J connectivity index is 0.000000345. The van der Waals surface area contributed by atoms with Gasteiger partial charge in [-0.15, -0.1) is 0 Å². The maximum atomic E-state index is 10.3. The van der Waals surface area contributed by atoms with Gasteiger partial charge < -0.3 is 44.4 Å². The third-order valence-corrected chi connectivity index (χ3v) is 7.40. The highest BCUT2D eigenvalue weighted by molar-refractivity contribution is 5.88. The van der Waals surface area contributed by atoms with Crippen LogP contribution in [0.1, 0.15) is 42.5 Å². The Kier molecular flexibility index (Phi) is 12.0. The van der Waals surface area contributed by atoms with Crippen LogP contribution in [0.2, 0.25) is 0 Å². The molecule has 44 heavy (non-hydrogen) atoms. The summed E-state index contributed by atoms with van der Waals surface area (Å²) in [6.45, 7) is 5.43. The lowest BCUT2D eigenvalue weighted by Gasteiger charge is -2.26. The molecule has 2 heterocycles. The predicted octanol–water partition coefficient (Wildman–Crippen LogP) is 3.43. The zero-order valence-electron chi connectivity index (χ0n) is 25.3. The average molecular weight is 617 g/mol. The normalized spacial score (nSPS) is 14.6. The number of methoxy groups -OCH3 is 3. The van der Waals surface area contributed by atoms with Gasteiger partial charge in [-0.2, -0.15) is 0 Å². The number of aryl methyl sites for hydroxylation is 1. The number of aliphatic hydroxyl groups is 1. The fourth-order valence-corrected chi connectivity index (χ4v) is 5.22. The Morgan fingerprint density at radius 2 is 1.61 bits per heavy atom. The summed E-state index contributed by atoms with van der Waals surface area (Å²) in [6.07, 6.45) is 0.203. The molecule has 1 aromatic heterocycles. The number of ether oxygens (including phenoxy) is 4. The van der Waals surface area contributed by atoms with Crippen LogP contribution in [0.15, 0.2) is 36.4 Å². The molecule has 1 saturated heterocycles. The Morgan fingerprint density at radius 3 is 2.14 bits per heavy atom. The van der Waals surface area contributed by atoms with Gasteiger partial charge in [0.2, 0.25) is 5.75 Å². The number of carboxylic acids is 3. The number of aromatic nitrogens is 1. The molecular formula is C31H40N2O11. The smallest absolute Gasteiger partial charge is 0.336 e. The number of nitrogens with zero attached hydrogens (tertiary/aromatic N) is 1. The number of hydrogen-bond acceptors (Lipinski definition) is 9. The van der Waals surface area contributed by atoms with Crippen molar-refractivity contribution in [2.45, 2.75) is 57.4 Å². The third-order valence-electron chi connectivity index (χ3n) is 7.40. The van der Waals surface area contributed by atoms with E-state index in [1.165, 1.54) is 22.2 Å². The maximum absolute atomic E-state index is 10.3. The summed E-state index contributed by atoms with van der Waals surface area (Å²) in [5.74, 6) is -3.01. The first-order valence-corrected chi connectivity index (χ1v) is 14.0. The highest BCUT2D eigenvalue weighted by Crippen LogP contribution is 2.40. The van der Waals surface area contributed by atoms with E-state index in [1.54, 1.807) is 21.3 Å². The average Bonchev–Trinajstić information content (AvgIpc) is 3.59. The molecule has 1 fully saturated rings. The van der Waals surface area contributed by atoms with E-state index in [9.17, 15) is 14.4 Å². The molecule has 0 radical (unpaired) electrons. The predicted molar refractivity (Wildman–Crippen MR) is 159 cm³/mol. The second kappa shape index (κ2) is 15.4. The van der Waals surface area contributed by atoms with Crippen molar-refractivity contribution in [3.05, 3.63) is 53.2 Å². The number of para-hydroxylation sites is 1. The minimum absolute atomic E-state index is 0.260. The standard InChI is InChI=1S/C25H32N2O4.C6H8O7/c1-17-20-9-5-6-10-21(20)26-22(17)16-27(15-19-8-7-13-31-19)14-18-11-12-23(28-2)25(30-4)24(18)29-3;7-3(8)1-6(13,5(11)12)2-4(9)10/h5-6,9-12,19,26H,7-8,13-16H2,1-4H3;13H,1-2H2,(H,7,8)(H,9,10)(H,11,12). The number of benzene rings is 2. The van der Waals surface area contributed by atoms with Gasteiger partial charge in [0.05, 0.1) is 40.3 Å². The minimum Gasteiger partial charge on any atom is -0.493 e. The summed E-state index contributed by atoms with van der Waals surface area (Å²) in [4.78, 5) is 36.5. The maximum Gasteiger partial charge on any atom is 0.336 e. The molecule has 1 aliphatic rings. The largest absolute Gasteiger partial charge is 0.493 e. The van der Waals surface area contributed by atoms with Crippen molar-refractivity contribution in [3.8, 4) is 17.2 Å². The van der Waals surface area contributed by atoms with Gasteiger partial charge in [0.1, 0.15) is 0 Å². The lowest BCUT2D eigenvalue weighted by Crippen LogP contribution is -2.42. The van der Waals surface area contributed by atoms with Gasteiger partial charge in [-0.1, -0.05) is 24.3 Å². The second-order valence-corrected chi connectivity index (χ2v) is 10.5. The quantitative estimate of drug-likeness (QED) is 0.178. The fourth-order valence-electron chi connectivity index (χ4n) is 5.22. The minimum atomic E-state index is -2.74. The van der Waals surface area contributed by atoms with Crippen LogP contribution in [0.25, 0.3) is 10.9 Å². The van der Waals surface area contributed by atoms with Gasteiger partial charge in [0.15, 0.2) is 17.1 Å². The van der Waals surface area contributed by atoms with E-state index in [4.69, 9.17) is 39.4 Å². The lowest BCUT2D eigenvalue weighted by molar-refractivity contribution is -0.170. The third kappa shape index (κ3) is 8.62. The zero-order chi connectivity index (χ0) is 32.4. The fraction of sp³-hybridized carbons (Fsp3) is 0.452. The van der Waals surface area contributed by atoms with E-state index in [1.807, 2.05) is 6.07 Å².